The highest BCUT2D eigenvalue weighted by molar-refractivity contribution is 5.92. The lowest BCUT2D eigenvalue weighted by Gasteiger charge is -2.27. The van der Waals surface area contributed by atoms with Crippen molar-refractivity contribution < 1.29 is 9.53 Å². The smallest absolute Gasteiger partial charge is 0.323 e. The van der Waals surface area contributed by atoms with E-state index in [9.17, 15) is 4.79 Å². The van der Waals surface area contributed by atoms with Gasteiger partial charge < -0.3 is 10.1 Å². The molecule has 1 atom stereocenters. The third-order valence-corrected chi connectivity index (χ3v) is 7.21. The van der Waals surface area contributed by atoms with Gasteiger partial charge in [-0.3, -0.25) is 14.4 Å². The number of aromatic nitrogens is 4. The predicted molar refractivity (Wildman–Crippen MR) is 157 cm³/mol. The minimum absolute atomic E-state index is 0.140. The van der Waals surface area contributed by atoms with E-state index in [1.807, 2.05) is 55.9 Å². The molecule has 5 aromatic rings. The zero-order valence-corrected chi connectivity index (χ0v) is 23.2. The number of benzene rings is 3. The van der Waals surface area contributed by atoms with Crippen LogP contribution in [0.2, 0.25) is 0 Å². The van der Waals surface area contributed by atoms with Gasteiger partial charge in [0, 0.05) is 23.0 Å². The number of likely N-dealkylation sites (tertiary alicyclic amines) is 1. The maximum Gasteiger partial charge on any atom is 0.323 e. The molecule has 8 nitrogen and oxygen atoms in total. The van der Waals surface area contributed by atoms with Gasteiger partial charge in [0.25, 0.3) is 0 Å². The van der Waals surface area contributed by atoms with E-state index in [1.165, 1.54) is 5.56 Å². The monoisotopic (exact) mass is 534 g/mol. The maximum atomic E-state index is 12.8. The summed E-state index contributed by atoms with van der Waals surface area (Å²) in [6.07, 6.45) is 5.29. The molecule has 40 heavy (non-hydrogen) atoms. The number of ether oxygens (including phenoxy) is 1. The van der Waals surface area contributed by atoms with Crippen LogP contribution in [-0.2, 0) is 22.6 Å². The molecule has 1 aliphatic heterocycles. The molecule has 3 aromatic carbocycles. The first-order valence-corrected chi connectivity index (χ1v) is 13.8. The Hall–Kier alpha value is -4.30. The van der Waals surface area contributed by atoms with Crippen molar-refractivity contribution in [2.75, 3.05) is 11.9 Å². The second kappa shape index (κ2) is 10.7. The number of hydrogen-bond donors (Lipinski definition) is 1. The van der Waals surface area contributed by atoms with Crippen molar-refractivity contribution in [3.63, 3.8) is 0 Å². The summed E-state index contributed by atoms with van der Waals surface area (Å²) in [5.74, 6) is 0.604. The van der Waals surface area contributed by atoms with E-state index in [4.69, 9.17) is 4.74 Å². The van der Waals surface area contributed by atoms with Crippen LogP contribution in [0.4, 0.5) is 11.5 Å². The van der Waals surface area contributed by atoms with Crippen molar-refractivity contribution in [3.8, 4) is 0 Å². The first-order valence-electron chi connectivity index (χ1n) is 13.8. The van der Waals surface area contributed by atoms with E-state index >= 15 is 0 Å². The first-order chi connectivity index (χ1) is 19.3. The van der Waals surface area contributed by atoms with Crippen LogP contribution in [-0.4, -0.2) is 48.8 Å². The number of carbonyl (C=O) groups is 1. The van der Waals surface area contributed by atoms with Crippen molar-refractivity contribution in [1.29, 1.82) is 0 Å². The highest BCUT2D eigenvalue weighted by atomic mass is 16.6. The molecule has 0 unspecified atom stereocenters. The van der Waals surface area contributed by atoms with Crippen LogP contribution < -0.4 is 5.32 Å². The van der Waals surface area contributed by atoms with Gasteiger partial charge in [0.2, 0.25) is 0 Å². The summed E-state index contributed by atoms with van der Waals surface area (Å²) in [5, 5.41) is 10.1. The lowest BCUT2D eigenvalue weighted by molar-refractivity contribution is -0.160. The molecule has 3 heterocycles. The van der Waals surface area contributed by atoms with Gasteiger partial charge in [0.05, 0.1) is 23.8 Å². The van der Waals surface area contributed by atoms with Crippen LogP contribution in [0.1, 0.15) is 44.7 Å². The van der Waals surface area contributed by atoms with Crippen LogP contribution in [0, 0.1) is 0 Å². The summed E-state index contributed by atoms with van der Waals surface area (Å²) in [6, 6.07) is 22.6. The van der Waals surface area contributed by atoms with Gasteiger partial charge in [-0.05, 0) is 81.6 Å². The van der Waals surface area contributed by atoms with E-state index in [2.05, 4.69) is 67.7 Å². The zero-order chi connectivity index (χ0) is 27.7. The second-order valence-corrected chi connectivity index (χ2v) is 11.4. The highest BCUT2D eigenvalue weighted by Gasteiger charge is 2.34. The van der Waals surface area contributed by atoms with Crippen molar-refractivity contribution in [3.05, 3.63) is 90.4 Å². The lowest BCUT2D eigenvalue weighted by atomic mass is 10.1. The number of nitrogens with one attached hydrogen (secondary N) is 1. The molecule has 2 aromatic heterocycles. The van der Waals surface area contributed by atoms with Crippen LogP contribution in [0.15, 0.2) is 79.3 Å². The quantitative estimate of drug-likeness (QED) is 0.253. The van der Waals surface area contributed by atoms with Crippen LogP contribution >= 0.6 is 0 Å². The Bertz CT molecular complexity index is 1660. The summed E-state index contributed by atoms with van der Waals surface area (Å²) in [6.45, 7) is 8.00. The summed E-state index contributed by atoms with van der Waals surface area (Å²) in [4.78, 5) is 24.1. The number of esters is 1. The second-order valence-electron chi connectivity index (χ2n) is 11.4. The van der Waals surface area contributed by atoms with Gasteiger partial charge in [-0.25, -0.2) is 9.97 Å². The third-order valence-electron chi connectivity index (χ3n) is 7.21. The molecule has 1 fully saturated rings. The van der Waals surface area contributed by atoms with Gasteiger partial charge in [-0.1, -0.05) is 36.4 Å². The van der Waals surface area contributed by atoms with Gasteiger partial charge in [-0.2, -0.15) is 5.10 Å². The number of carbonyl (C=O) groups excluding carboxylic acids is 1. The minimum Gasteiger partial charge on any atom is -0.459 e. The summed E-state index contributed by atoms with van der Waals surface area (Å²) >= 11 is 0. The molecule has 0 amide bonds. The van der Waals surface area contributed by atoms with Crippen molar-refractivity contribution in [2.45, 2.75) is 58.3 Å². The minimum atomic E-state index is -0.490. The van der Waals surface area contributed by atoms with E-state index in [0.717, 1.165) is 64.8 Å². The maximum absolute atomic E-state index is 12.8. The lowest BCUT2D eigenvalue weighted by Crippen LogP contribution is -2.40. The van der Waals surface area contributed by atoms with E-state index in [-0.39, 0.29) is 12.0 Å². The molecule has 0 aliphatic carbocycles. The van der Waals surface area contributed by atoms with Crippen LogP contribution in [0.25, 0.3) is 21.8 Å². The van der Waals surface area contributed by atoms with E-state index < -0.39 is 5.60 Å². The number of hydrogen-bond acceptors (Lipinski definition) is 7. The SMILES string of the molecule is CC(C)(C)OC(=O)[C@H]1CCCN1Cc1ccc2ncnc(Nc3ccc4c(cnn4Cc4ccccc4)c3)c2c1. The average molecular weight is 535 g/mol. The topological polar surface area (TPSA) is 85.2 Å². The Labute approximate surface area is 234 Å². The molecular formula is C32H34N6O2. The van der Waals surface area contributed by atoms with Crippen LogP contribution in [0.3, 0.4) is 0 Å². The van der Waals surface area contributed by atoms with E-state index in [0.29, 0.717) is 6.54 Å². The molecule has 0 saturated carbocycles. The van der Waals surface area contributed by atoms with Crippen molar-refractivity contribution in [1.82, 2.24) is 24.6 Å². The van der Waals surface area contributed by atoms with Crippen molar-refractivity contribution in [2.24, 2.45) is 0 Å². The fourth-order valence-electron chi connectivity index (χ4n) is 5.37. The van der Waals surface area contributed by atoms with Gasteiger partial charge >= 0.3 is 5.97 Å². The van der Waals surface area contributed by atoms with Gasteiger partial charge in [0.15, 0.2) is 0 Å². The molecule has 1 saturated heterocycles. The molecular weight excluding hydrogens is 500 g/mol. The van der Waals surface area contributed by atoms with Gasteiger partial charge in [0.1, 0.15) is 23.8 Å². The molecule has 8 heteroatoms. The molecule has 204 valence electrons. The first kappa shape index (κ1) is 26.0. The fourth-order valence-corrected chi connectivity index (χ4v) is 5.37. The Morgan fingerprint density at radius 3 is 2.67 bits per heavy atom. The van der Waals surface area contributed by atoms with Crippen LogP contribution in [0.5, 0.6) is 0 Å². The fraction of sp³-hybridized carbons (Fsp3) is 0.312. The molecule has 0 spiro atoms. The number of rotatable bonds is 7. The standard InChI is InChI=1S/C32H34N6O2/c1-32(2,3)40-31(39)29-10-7-15-37(29)19-23-11-13-27-26(16-23)30(34-21-33-27)36-25-12-14-28-24(17-25)18-35-38(28)20-22-8-5-4-6-9-22/h4-6,8-9,11-14,16-18,21,29H,7,10,15,19-20H2,1-3H3,(H,33,34,36)/t29-/m1/s1. The molecule has 1 N–H and O–H groups in total. The Morgan fingerprint density at radius 1 is 1.00 bits per heavy atom. The number of fused-ring (bicyclic) bond motifs is 2. The molecule has 1 aliphatic rings. The highest BCUT2D eigenvalue weighted by Crippen LogP contribution is 2.29. The van der Waals surface area contributed by atoms with E-state index in [1.54, 1.807) is 6.33 Å². The predicted octanol–water partition coefficient (Wildman–Crippen LogP) is 6.08. The largest absolute Gasteiger partial charge is 0.459 e. The molecule has 0 radical (unpaired) electrons. The zero-order valence-electron chi connectivity index (χ0n) is 23.2. The Morgan fingerprint density at radius 2 is 1.85 bits per heavy atom. The number of anilines is 2. The Kier molecular flexibility index (Phi) is 6.94. The summed E-state index contributed by atoms with van der Waals surface area (Å²) in [7, 11) is 0. The van der Waals surface area contributed by atoms with Gasteiger partial charge in [-0.15, -0.1) is 0 Å². The third kappa shape index (κ3) is 5.67. The summed E-state index contributed by atoms with van der Waals surface area (Å²) < 4.78 is 7.71. The Balaban J connectivity index is 1.22. The molecule has 6 rings (SSSR count). The number of nitrogens with zero attached hydrogens (tertiary/aromatic N) is 5. The van der Waals surface area contributed by atoms with Crippen molar-refractivity contribution >= 4 is 39.3 Å². The molecule has 0 bridgehead atoms. The average Bonchev–Trinajstić information content (AvgIpc) is 3.55. The summed E-state index contributed by atoms with van der Waals surface area (Å²) in [5.41, 5.74) is 4.71. The normalized spacial score (nSPS) is 16.0.